The number of allylic oxidation sites excluding steroid dienone is 1. The lowest BCUT2D eigenvalue weighted by Gasteiger charge is -2.25. The summed E-state index contributed by atoms with van der Waals surface area (Å²) in [6, 6.07) is 0. The third-order valence-corrected chi connectivity index (χ3v) is 1.71. The number of hydrogen-bond donors (Lipinski definition) is 0. The van der Waals surface area contributed by atoms with E-state index in [1.807, 2.05) is 0 Å². The molecule has 12 heavy (non-hydrogen) atoms. The molecule has 0 aromatic carbocycles. The predicted octanol–water partition coefficient (Wildman–Crippen LogP) is 3.75. The highest BCUT2D eigenvalue weighted by Gasteiger charge is 2.15. The van der Waals surface area contributed by atoms with Crippen LogP contribution in [0.5, 0.6) is 0 Å². The van der Waals surface area contributed by atoms with E-state index in [9.17, 15) is 0 Å². The molecule has 0 aliphatic rings. The van der Waals surface area contributed by atoms with Gasteiger partial charge in [0, 0.05) is 5.92 Å². The second kappa shape index (κ2) is 4.54. The first-order valence-corrected chi connectivity index (χ1v) is 4.74. The summed E-state index contributed by atoms with van der Waals surface area (Å²) in [5, 5.41) is 0. The van der Waals surface area contributed by atoms with Gasteiger partial charge >= 0.3 is 0 Å². The van der Waals surface area contributed by atoms with Gasteiger partial charge in [-0.2, -0.15) is 0 Å². The number of hydrogen-bond acceptors (Lipinski definition) is 1. The van der Waals surface area contributed by atoms with Gasteiger partial charge in [0.25, 0.3) is 0 Å². The standard InChI is InChI=1S/C11H22O/c1-7-8-9(2)10(3)12-11(4,5)6/h9H,3,7-8H2,1-2,4-6H3. The van der Waals surface area contributed by atoms with E-state index in [1.165, 1.54) is 6.42 Å². The largest absolute Gasteiger partial charge is 0.493 e. The molecular formula is C11H22O. The van der Waals surface area contributed by atoms with Crippen molar-refractivity contribution in [2.45, 2.75) is 53.1 Å². The Bertz CT molecular complexity index is 142. The Morgan fingerprint density at radius 3 is 2.25 bits per heavy atom. The van der Waals surface area contributed by atoms with Gasteiger partial charge < -0.3 is 4.74 Å². The molecule has 0 aliphatic carbocycles. The zero-order valence-electron chi connectivity index (χ0n) is 9.11. The zero-order valence-corrected chi connectivity index (χ0v) is 9.11. The fourth-order valence-electron chi connectivity index (χ4n) is 1.09. The lowest BCUT2D eigenvalue weighted by molar-refractivity contribution is 0.0357. The van der Waals surface area contributed by atoms with E-state index < -0.39 is 0 Å². The molecule has 0 heterocycles. The molecule has 0 aromatic heterocycles. The topological polar surface area (TPSA) is 9.23 Å². The van der Waals surface area contributed by atoms with Crippen molar-refractivity contribution in [3.8, 4) is 0 Å². The van der Waals surface area contributed by atoms with Crippen molar-refractivity contribution in [3.63, 3.8) is 0 Å². The normalized spacial score (nSPS) is 14.1. The summed E-state index contributed by atoms with van der Waals surface area (Å²) in [4.78, 5) is 0. The average molecular weight is 170 g/mol. The summed E-state index contributed by atoms with van der Waals surface area (Å²) in [5.41, 5.74) is -0.0981. The van der Waals surface area contributed by atoms with E-state index in [4.69, 9.17) is 4.74 Å². The van der Waals surface area contributed by atoms with Gasteiger partial charge in [-0.25, -0.2) is 0 Å². The molecule has 1 nitrogen and oxygen atoms in total. The quantitative estimate of drug-likeness (QED) is 0.584. The van der Waals surface area contributed by atoms with E-state index in [1.54, 1.807) is 0 Å². The third kappa shape index (κ3) is 5.22. The van der Waals surface area contributed by atoms with Gasteiger partial charge in [0.05, 0.1) is 5.76 Å². The molecule has 0 aromatic rings. The van der Waals surface area contributed by atoms with Crippen LogP contribution in [0.25, 0.3) is 0 Å². The summed E-state index contributed by atoms with van der Waals surface area (Å²) in [6.07, 6.45) is 2.35. The molecule has 0 saturated carbocycles. The predicted molar refractivity (Wildman–Crippen MR) is 54.1 cm³/mol. The lowest BCUT2D eigenvalue weighted by atomic mass is 10.0. The van der Waals surface area contributed by atoms with Gasteiger partial charge in [-0.15, -0.1) is 0 Å². The van der Waals surface area contributed by atoms with Gasteiger partial charge in [-0.3, -0.25) is 0 Å². The minimum absolute atomic E-state index is 0.0981. The van der Waals surface area contributed by atoms with Crippen LogP contribution in [0.2, 0.25) is 0 Å². The van der Waals surface area contributed by atoms with Crippen LogP contribution in [0, 0.1) is 5.92 Å². The Morgan fingerprint density at radius 1 is 1.42 bits per heavy atom. The van der Waals surface area contributed by atoms with E-state index in [-0.39, 0.29) is 5.60 Å². The molecule has 0 radical (unpaired) electrons. The second-order valence-electron chi connectivity index (χ2n) is 4.37. The third-order valence-electron chi connectivity index (χ3n) is 1.71. The molecule has 1 atom stereocenters. The van der Waals surface area contributed by atoms with E-state index in [2.05, 4.69) is 41.2 Å². The van der Waals surface area contributed by atoms with Crippen molar-refractivity contribution in [3.05, 3.63) is 12.3 Å². The van der Waals surface area contributed by atoms with Crippen LogP contribution in [0.15, 0.2) is 12.3 Å². The molecule has 0 fully saturated rings. The number of ether oxygens (including phenoxy) is 1. The van der Waals surface area contributed by atoms with Gasteiger partial charge in [0.15, 0.2) is 0 Å². The minimum atomic E-state index is -0.0981. The summed E-state index contributed by atoms with van der Waals surface area (Å²) < 4.78 is 5.66. The van der Waals surface area contributed by atoms with Crippen LogP contribution >= 0.6 is 0 Å². The molecule has 0 amide bonds. The highest BCUT2D eigenvalue weighted by molar-refractivity contribution is 4.90. The van der Waals surface area contributed by atoms with Crippen LogP contribution in [0.1, 0.15) is 47.5 Å². The minimum Gasteiger partial charge on any atom is -0.493 e. The molecule has 0 spiro atoms. The smallest absolute Gasteiger partial charge is 0.100 e. The Morgan fingerprint density at radius 2 is 1.92 bits per heavy atom. The average Bonchev–Trinajstić information content (AvgIpc) is 1.84. The zero-order chi connectivity index (χ0) is 9.78. The van der Waals surface area contributed by atoms with Gasteiger partial charge in [-0.1, -0.05) is 26.8 Å². The molecule has 0 N–H and O–H groups in total. The lowest BCUT2D eigenvalue weighted by Crippen LogP contribution is -2.20. The molecule has 0 aliphatic heterocycles. The SMILES string of the molecule is C=C(OC(C)(C)C)C(C)CCC. The van der Waals surface area contributed by atoms with Crippen molar-refractivity contribution in [1.29, 1.82) is 0 Å². The summed E-state index contributed by atoms with van der Waals surface area (Å²) in [7, 11) is 0. The Labute approximate surface area is 76.8 Å². The van der Waals surface area contributed by atoms with Gasteiger partial charge in [0.2, 0.25) is 0 Å². The van der Waals surface area contributed by atoms with Crippen molar-refractivity contribution < 1.29 is 4.74 Å². The van der Waals surface area contributed by atoms with E-state index in [0.29, 0.717) is 5.92 Å². The van der Waals surface area contributed by atoms with E-state index in [0.717, 1.165) is 12.2 Å². The first-order valence-electron chi connectivity index (χ1n) is 4.74. The Kier molecular flexibility index (Phi) is 4.36. The molecule has 0 rings (SSSR count). The number of rotatable bonds is 4. The maximum Gasteiger partial charge on any atom is 0.100 e. The van der Waals surface area contributed by atoms with Crippen LogP contribution < -0.4 is 0 Å². The summed E-state index contributed by atoms with van der Waals surface area (Å²) in [5.74, 6) is 1.40. The molecule has 1 unspecified atom stereocenters. The second-order valence-corrected chi connectivity index (χ2v) is 4.37. The van der Waals surface area contributed by atoms with Gasteiger partial charge in [0.1, 0.15) is 5.60 Å². The highest BCUT2D eigenvalue weighted by Crippen LogP contribution is 2.21. The molecule has 0 bridgehead atoms. The fourth-order valence-corrected chi connectivity index (χ4v) is 1.09. The monoisotopic (exact) mass is 170 g/mol. The first kappa shape index (κ1) is 11.5. The highest BCUT2D eigenvalue weighted by atomic mass is 16.5. The van der Waals surface area contributed by atoms with Gasteiger partial charge in [-0.05, 0) is 27.2 Å². The fraction of sp³-hybridized carbons (Fsp3) is 0.818. The van der Waals surface area contributed by atoms with Crippen molar-refractivity contribution in [2.24, 2.45) is 5.92 Å². The van der Waals surface area contributed by atoms with Crippen molar-refractivity contribution in [1.82, 2.24) is 0 Å². The Balaban J connectivity index is 3.87. The Hall–Kier alpha value is -0.460. The van der Waals surface area contributed by atoms with Crippen LogP contribution in [0.4, 0.5) is 0 Å². The maximum absolute atomic E-state index is 5.66. The van der Waals surface area contributed by atoms with Crippen LogP contribution in [-0.4, -0.2) is 5.60 Å². The summed E-state index contributed by atoms with van der Waals surface area (Å²) >= 11 is 0. The molecule has 0 saturated heterocycles. The van der Waals surface area contributed by atoms with E-state index >= 15 is 0 Å². The van der Waals surface area contributed by atoms with Crippen molar-refractivity contribution in [2.75, 3.05) is 0 Å². The first-order chi connectivity index (χ1) is 5.37. The molecule has 72 valence electrons. The van der Waals surface area contributed by atoms with Crippen molar-refractivity contribution >= 4 is 0 Å². The summed E-state index contributed by atoms with van der Waals surface area (Å²) in [6.45, 7) is 14.4. The maximum atomic E-state index is 5.66. The van der Waals surface area contributed by atoms with Crippen LogP contribution in [-0.2, 0) is 4.74 Å². The molecule has 1 heteroatoms. The van der Waals surface area contributed by atoms with Crippen LogP contribution in [0.3, 0.4) is 0 Å². The molecular weight excluding hydrogens is 148 g/mol.